The number of hydrogen-bond acceptors (Lipinski definition) is 4. The van der Waals surface area contributed by atoms with Gasteiger partial charge < -0.3 is 14.1 Å². The second-order valence-corrected chi connectivity index (χ2v) is 4.06. The lowest BCUT2D eigenvalue weighted by Crippen LogP contribution is -2.13. The van der Waals surface area contributed by atoms with Crippen molar-refractivity contribution in [3.8, 4) is 0 Å². The molecule has 0 saturated heterocycles. The fraction of sp³-hybridized carbons (Fsp3) is 0.583. The second-order valence-electron chi connectivity index (χ2n) is 4.06. The van der Waals surface area contributed by atoms with E-state index in [1.807, 2.05) is 26.2 Å². The van der Waals surface area contributed by atoms with E-state index < -0.39 is 0 Å². The van der Waals surface area contributed by atoms with E-state index in [4.69, 9.17) is 9.15 Å². The number of aryl methyl sites for hydroxylation is 1. The minimum atomic E-state index is -0.287. The van der Waals surface area contributed by atoms with Gasteiger partial charge in [-0.05, 0) is 39.2 Å². The summed E-state index contributed by atoms with van der Waals surface area (Å²) in [6.45, 7) is 2.66. The first-order valence-electron chi connectivity index (χ1n) is 5.43. The van der Waals surface area contributed by atoms with Crippen molar-refractivity contribution >= 4 is 5.97 Å². The van der Waals surface area contributed by atoms with Crippen LogP contribution in [0.3, 0.4) is 0 Å². The standard InChI is InChI=1S/C12H19NO3/c1-10(14)15-9-12-7-6-11(16-12)5-4-8-13(2)3/h6-7H,4-5,8-9H2,1-3H3. The van der Waals surface area contributed by atoms with Crippen LogP contribution in [0.1, 0.15) is 24.9 Å². The molecule has 0 amide bonds. The van der Waals surface area contributed by atoms with Gasteiger partial charge in [-0.15, -0.1) is 0 Å². The summed E-state index contributed by atoms with van der Waals surface area (Å²) in [4.78, 5) is 12.7. The maximum absolute atomic E-state index is 10.6. The van der Waals surface area contributed by atoms with Gasteiger partial charge in [0.05, 0.1) is 0 Å². The molecule has 1 rings (SSSR count). The molecule has 1 aromatic rings. The van der Waals surface area contributed by atoms with Crippen LogP contribution in [0, 0.1) is 0 Å². The average molecular weight is 225 g/mol. The highest BCUT2D eigenvalue weighted by Crippen LogP contribution is 2.11. The number of nitrogens with zero attached hydrogens (tertiary/aromatic N) is 1. The van der Waals surface area contributed by atoms with E-state index in [0.717, 1.165) is 25.1 Å². The first-order valence-corrected chi connectivity index (χ1v) is 5.43. The van der Waals surface area contributed by atoms with Gasteiger partial charge in [0, 0.05) is 13.3 Å². The Bertz CT molecular complexity index is 331. The Morgan fingerprint density at radius 1 is 1.38 bits per heavy atom. The zero-order chi connectivity index (χ0) is 12.0. The lowest BCUT2D eigenvalue weighted by atomic mass is 10.2. The van der Waals surface area contributed by atoms with Gasteiger partial charge in [0.2, 0.25) is 0 Å². The average Bonchev–Trinajstić information content (AvgIpc) is 2.62. The Hall–Kier alpha value is -1.29. The van der Waals surface area contributed by atoms with Gasteiger partial charge in [0.25, 0.3) is 0 Å². The monoisotopic (exact) mass is 225 g/mol. The molecule has 16 heavy (non-hydrogen) atoms. The zero-order valence-electron chi connectivity index (χ0n) is 10.2. The quantitative estimate of drug-likeness (QED) is 0.693. The molecule has 0 aliphatic heterocycles. The van der Waals surface area contributed by atoms with Crippen LogP contribution in [-0.2, 0) is 22.6 Å². The van der Waals surface area contributed by atoms with Crippen molar-refractivity contribution in [2.75, 3.05) is 20.6 Å². The number of carbonyl (C=O) groups is 1. The zero-order valence-corrected chi connectivity index (χ0v) is 10.2. The van der Waals surface area contributed by atoms with Crippen LogP contribution < -0.4 is 0 Å². The molecule has 0 radical (unpaired) electrons. The van der Waals surface area contributed by atoms with Crippen LogP contribution in [0.5, 0.6) is 0 Å². The summed E-state index contributed by atoms with van der Waals surface area (Å²) in [5.41, 5.74) is 0. The number of esters is 1. The highest BCUT2D eigenvalue weighted by atomic mass is 16.5. The number of furan rings is 1. The number of ether oxygens (including phenoxy) is 1. The SMILES string of the molecule is CC(=O)OCc1ccc(CCCN(C)C)o1. The molecule has 0 bridgehead atoms. The smallest absolute Gasteiger partial charge is 0.303 e. The molecule has 0 atom stereocenters. The molecular weight excluding hydrogens is 206 g/mol. The third-order valence-electron chi connectivity index (χ3n) is 2.16. The van der Waals surface area contributed by atoms with Crippen LogP contribution in [0.2, 0.25) is 0 Å². The Labute approximate surface area is 96.2 Å². The minimum absolute atomic E-state index is 0.225. The van der Waals surface area contributed by atoms with Gasteiger partial charge in [-0.25, -0.2) is 0 Å². The summed E-state index contributed by atoms with van der Waals surface area (Å²) in [5.74, 6) is 1.37. The molecule has 0 spiro atoms. The van der Waals surface area contributed by atoms with E-state index in [0.29, 0.717) is 5.76 Å². The Morgan fingerprint density at radius 3 is 2.69 bits per heavy atom. The highest BCUT2D eigenvalue weighted by Gasteiger charge is 2.03. The molecule has 90 valence electrons. The van der Waals surface area contributed by atoms with Crippen molar-refractivity contribution in [2.45, 2.75) is 26.4 Å². The third kappa shape index (κ3) is 4.98. The van der Waals surface area contributed by atoms with Crippen molar-refractivity contribution in [3.63, 3.8) is 0 Å². The molecule has 0 aromatic carbocycles. The Kier molecular flexibility index (Phi) is 5.05. The van der Waals surface area contributed by atoms with Crippen LogP contribution >= 0.6 is 0 Å². The van der Waals surface area contributed by atoms with Crippen LogP contribution in [0.15, 0.2) is 16.5 Å². The summed E-state index contributed by atoms with van der Waals surface area (Å²) in [6.07, 6.45) is 1.98. The topological polar surface area (TPSA) is 42.7 Å². The second kappa shape index (κ2) is 6.33. The van der Waals surface area contributed by atoms with Crippen molar-refractivity contribution in [2.24, 2.45) is 0 Å². The summed E-state index contributed by atoms with van der Waals surface area (Å²) in [7, 11) is 4.10. The van der Waals surface area contributed by atoms with Gasteiger partial charge in [0.15, 0.2) is 0 Å². The molecule has 0 aliphatic carbocycles. The largest absolute Gasteiger partial charge is 0.462 e. The first kappa shape index (κ1) is 12.8. The predicted molar refractivity (Wildman–Crippen MR) is 61.1 cm³/mol. The molecule has 0 unspecified atom stereocenters. The maximum atomic E-state index is 10.6. The summed E-state index contributed by atoms with van der Waals surface area (Å²) in [5, 5.41) is 0. The molecule has 0 aliphatic rings. The number of rotatable bonds is 6. The number of hydrogen-bond donors (Lipinski definition) is 0. The van der Waals surface area contributed by atoms with Crippen LogP contribution in [0.4, 0.5) is 0 Å². The molecule has 0 N–H and O–H groups in total. The van der Waals surface area contributed by atoms with E-state index in [9.17, 15) is 4.79 Å². The van der Waals surface area contributed by atoms with Gasteiger partial charge in [-0.3, -0.25) is 4.79 Å². The van der Waals surface area contributed by atoms with Gasteiger partial charge >= 0.3 is 5.97 Å². The lowest BCUT2D eigenvalue weighted by Gasteiger charge is -2.07. The van der Waals surface area contributed by atoms with Crippen LogP contribution in [-0.4, -0.2) is 31.5 Å². The molecular formula is C12H19NO3. The van der Waals surface area contributed by atoms with Gasteiger partial charge in [0.1, 0.15) is 18.1 Å². The summed E-state index contributed by atoms with van der Waals surface area (Å²) >= 11 is 0. The highest BCUT2D eigenvalue weighted by molar-refractivity contribution is 5.65. The Balaban J connectivity index is 2.30. The van der Waals surface area contributed by atoms with E-state index in [2.05, 4.69) is 4.90 Å². The molecule has 1 heterocycles. The van der Waals surface area contributed by atoms with E-state index in [1.165, 1.54) is 6.92 Å². The number of carbonyl (C=O) groups excluding carboxylic acids is 1. The van der Waals surface area contributed by atoms with Gasteiger partial charge in [-0.2, -0.15) is 0 Å². The fourth-order valence-electron chi connectivity index (χ4n) is 1.38. The normalized spacial score (nSPS) is 10.8. The third-order valence-corrected chi connectivity index (χ3v) is 2.16. The molecule has 4 nitrogen and oxygen atoms in total. The summed E-state index contributed by atoms with van der Waals surface area (Å²) < 4.78 is 10.4. The van der Waals surface area contributed by atoms with Crippen molar-refractivity contribution < 1.29 is 13.9 Å². The first-order chi connectivity index (χ1) is 7.58. The van der Waals surface area contributed by atoms with Crippen molar-refractivity contribution in [3.05, 3.63) is 23.7 Å². The van der Waals surface area contributed by atoms with Crippen molar-refractivity contribution in [1.29, 1.82) is 0 Å². The van der Waals surface area contributed by atoms with Crippen molar-refractivity contribution in [1.82, 2.24) is 4.90 Å². The molecule has 1 aromatic heterocycles. The molecule has 0 saturated carbocycles. The fourth-order valence-corrected chi connectivity index (χ4v) is 1.38. The maximum Gasteiger partial charge on any atom is 0.303 e. The Morgan fingerprint density at radius 2 is 2.06 bits per heavy atom. The van der Waals surface area contributed by atoms with E-state index in [1.54, 1.807) is 0 Å². The van der Waals surface area contributed by atoms with Crippen LogP contribution in [0.25, 0.3) is 0 Å². The van der Waals surface area contributed by atoms with Gasteiger partial charge in [-0.1, -0.05) is 0 Å². The molecule has 0 fully saturated rings. The lowest BCUT2D eigenvalue weighted by molar-refractivity contribution is -0.142. The van der Waals surface area contributed by atoms with E-state index >= 15 is 0 Å². The predicted octanol–water partition coefficient (Wildman–Crippen LogP) is 1.84. The van der Waals surface area contributed by atoms with E-state index in [-0.39, 0.29) is 12.6 Å². The molecule has 4 heteroatoms. The summed E-state index contributed by atoms with van der Waals surface area (Å²) in [6, 6.07) is 3.79. The minimum Gasteiger partial charge on any atom is -0.462 e.